The van der Waals surface area contributed by atoms with E-state index in [-0.39, 0.29) is 34.8 Å². The molecule has 3 nitrogen and oxygen atoms in total. The van der Waals surface area contributed by atoms with E-state index in [2.05, 4.69) is 11.2 Å². The molecule has 0 atom stereocenters. The van der Waals surface area contributed by atoms with Crippen molar-refractivity contribution >= 4 is 21.8 Å². The van der Waals surface area contributed by atoms with Crippen molar-refractivity contribution in [2.75, 3.05) is 0 Å². The number of hydrogen-bond acceptors (Lipinski definition) is 2. The Balaban J connectivity index is 0.00000144. The summed E-state index contributed by atoms with van der Waals surface area (Å²) in [5.41, 5.74) is 0. The zero-order chi connectivity index (χ0) is 9.19. The van der Waals surface area contributed by atoms with Crippen LogP contribution < -0.4 is 29.6 Å². The van der Waals surface area contributed by atoms with Gasteiger partial charge < -0.3 is 4.24 Å². The third-order valence-electron chi connectivity index (χ3n) is 2.48. The molecule has 0 unspecified atom stereocenters. The summed E-state index contributed by atoms with van der Waals surface area (Å²) in [7, 11) is -3.35. The first-order valence-electron chi connectivity index (χ1n) is 4.13. The second-order valence-corrected chi connectivity index (χ2v) is 5.71. The van der Waals surface area contributed by atoms with Crippen molar-refractivity contribution in [3.05, 3.63) is 4.24 Å². The quantitative estimate of drug-likeness (QED) is 0.600. The number of rotatable bonds is 2. The maximum Gasteiger partial charge on any atom is 1.00 e. The summed E-state index contributed by atoms with van der Waals surface area (Å²) in [6.45, 7) is 2.14. The van der Waals surface area contributed by atoms with Gasteiger partial charge in [0.15, 0.2) is 0 Å². The van der Waals surface area contributed by atoms with E-state index < -0.39 is 10.0 Å². The van der Waals surface area contributed by atoms with E-state index in [1.54, 1.807) is 0 Å². The Morgan fingerprint density at radius 1 is 1.23 bits per heavy atom. The molecule has 1 fully saturated rings. The molecule has 0 aromatic heterocycles. The second-order valence-electron chi connectivity index (χ2n) is 3.47. The Morgan fingerprint density at radius 2 is 1.69 bits per heavy atom. The minimum atomic E-state index is -3.35. The first-order valence-corrected chi connectivity index (χ1v) is 5.97. The zero-order valence-corrected chi connectivity index (χ0v) is 11.6. The molecule has 0 aromatic carbocycles. The Hall–Kier alpha value is 1.20. The summed E-state index contributed by atoms with van der Waals surface area (Å²) < 4.78 is 25.2. The van der Waals surface area contributed by atoms with Gasteiger partial charge in [-0.05, 0) is 31.6 Å². The van der Waals surface area contributed by atoms with Gasteiger partial charge in [0.1, 0.15) is 0 Å². The van der Waals surface area contributed by atoms with E-state index >= 15 is 0 Å². The van der Waals surface area contributed by atoms with E-state index in [1.165, 1.54) is 0 Å². The molecule has 0 N–H and O–H groups in total. The first kappa shape index (κ1) is 14.2. The summed E-state index contributed by atoms with van der Waals surface area (Å²) in [6.07, 6.45) is 3.35. The Morgan fingerprint density at radius 3 is 2.08 bits per heavy atom. The number of sulfonamides is 1. The fourth-order valence-electron chi connectivity index (χ4n) is 1.58. The third kappa shape index (κ3) is 4.06. The van der Waals surface area contributed by atoms with Crippen LogP contribution in [0.3, 0.4) is 0 Å². The van der Waals surface area contributed by atoms with Crippen molar-refractivity contribution in [2.24, 2.45) is 5.92 Å². The molecule has 1 saturated carbocycles. The van der Waals surface area contributed by atoms with Crippen molar-refractivity contribution < 1.29 is 38.0 Å². The maximum atomic E-state index is 11.2. The maximum absolute atomic E-state index is 11.2. The molecular formula is C7H13ClNNaO2S. The van der Waals surface area contributed by atoms with Gasteiger partial charge in [-0.3, -0.25) is 11.8 Å². The van der Waals surface area contributed by atoms with Crippen LogP contribution in [0, 0.1) is 5.92 Å². The summed E-state index contributed by atoms with van der Waals surface area (Å²) in [4.78, 5) is 0. The van der Waals surface area contributed by atoms with Crippen LogP contribution >= 0.6 is 11.8 Å². The molecule has 0 radical (unpaired) electrons. The fraction of sp³-hybridized carbons (Fsp3) is 1.00. The van der Waals surface area contributed by atoms with Gasteiger partial charge in [-0.2, -0.15) is 0 Å². The molecule has 0 bridgehead atoms. The van der Waals surface area contributed by atoms with Gasteiger partial charge in [0.2, 0.25) is 0 Å². The molecule has 0 aromatic rings. The monoisotopic (exact) mass is 233 g/mol. The fourth-order valence-corrected chi connectivity index (χ4v) is 2.90. The average Bonchev–Trinajstić information content (AvgIpc) is 2.05. The average molecular weight is 234 g/mol. The summed E-state index contributed by atoms with van der Waals surface area (Å²) in [6, 6.07) is 0. The van der Waals surface area contributed by atoms with Crippen LogP contribution in [0.2, 0.25) is 0 Å². The van der Waals surface area contributed by atoms with E-state index in [9.17, 15) is 8.42 Å². The van der Waals surface area contributed by atoms with Gasteiger partial charge in [-0.1, -0.05) is 6.92 Å². The Kier molecular flexibility index (Phi) is 6.48. The van der Waals surface area contributed by atoms with Crippen molar-refractivity contribution in [3.63, 3.8) is 0 Å². The van der Waals surface area contributed by atoms with Crippen LogP contribution in [0.5, 0.6) is 0 Å². The van der Waals surface area contributed by atoms with Crippen molar-refractivity contribution in [3.8, 4) is 0 Å². The van der Waals surface area contributed by atoms with Gasteiger partial charge in [0.05, 0.1) is 10.0 Å². The van der Waals surface area contributed by atoms with Crippen LogP contribution in [-0.2, 0) is 10.0 Å². The van der Waals surface area contributed by atoms with E-state index in [4.69, 9.17) is 11.8 Å². The largest absolute Gasteiger partial charge is 1.00 e. The molecule has 1 aliphatic carbocycles. The summed E-state index contributed by atoms with van der Waals surface area (Å²) in [5, 5.41) is -0.328. The van der Waals surface area contributed by atoms with Crippen LogP contribution in [0.4, 0.5) is 0 Å². The molecular weight excluding hydrogens is 221 g/mol. The Bertz CT molecular complexity index is 237. The second kappa shape index (κ2) is 5.93. The van der Waals surface area contributed by atoms with Gasteiger partial charge in [0, 0.05) is 5.25 Å². The molecule has 13 heavy (non-hydrogen) atoms. The van der Waals surface area contributed by atoms with Gasteiger partial charge >= 0.3 is 29.6 Å². The number of nitrogens with zero attached hydrogens (tertiary/aromatic N) is 1. The van der Waals surface area contributed by atoms with E-state index in [0.29, 0.717) is 18.8 Å². The van der Waals surface area contributed by atoms with Crippen LogP contribution in [0.1, 0.15) is 32.6 Å². The third-order valence-corrected chi connectivity index (χ3v) is 4.56. The first-order chi connectivity index (χ1) is 5.56. The Labute approximate surface area is 107 Å². The number of halogens is 1. The standard InChI is InChI=1S/C7H13ClNO2S.Na/c1-6-2-4-7(5-3-6)12(10,11)9-8;/h6-7H,2-5H2,1H3;/q-1;+1. The molecule has 0 heterocycles. The predicted octanol–water partition coefficient (Wildman–Crippen LogP) is -0.574. The molecule has 0 saturated heterocycles. The SMILES string of the molecule is CC1CCC(S(=O)(=O)[N-]Cl)CC1.[Na+]. The molecule has 0 spiro atoms. The zero-order valence-electron chi connectivity index (χ0n) is 8.03. The topological polar surface area (TPSA) is 48.2 Å². The molecule has 6 heteroatoms. The van der Waals surface area contributed by atoms with Gasteiger partial charge in [-0.25, -0.2) is 8.42 Å². The molecule has 1 rings (SSSR count). The molecule has 0 aliphatic heterocycles. The molecule has 0 amide bonds. The van der Waals surface area contributed by atoms with E-state index in [0.717, 1.165) is 12.8 Å². The van der Waals surface area contributed by atoms with Crippen LogP contribution in [0.25, 0.3) is 4.24 Å². The summed E-state index contributed by atoms with van der Waals surface area (Å²) >= 11 is 5.00. The van der Waals surface area contributed by atoms with Crippen molar-refractivity contribution in [2.45, 2.75) is 37.9 Å². The van der Waals surface area contributed by atoms with Crippen LogP contribution in [0.15, 0.2) is 0 Å². The van der Waals surface area contributed by atoms with E-state index in [1.807, 2.05) is 0 Å². The van der Waals surface area contributed by atoms with Gasteiger partial charge in [0.25, 0.3) is 0 Å². The van der Waals surface area contributed by atoms with Crippen LogP contribution in [-0.4, -0.2) is 13.7 Å². The minimum Gasteiger partial charge on any atom is -0.462 e. The molecule has 72 valence electrons. The normalized spacial score (nSPS) is 29.4. The smallest absolute Gasteiger partial charge is 0.462 e. The summed E-state index contributed by atoms with van der Waals surface area (Å²) in [5.74, 6) is 0.645. The van der Waals surface area contributed by atoms with Gasteiger partial charge in [-0.15, -0.1) is 0 Å². The number of hydrogen-bond donors (Lipinski definition) is 0. The van der Waals surface area contributed by atoms with Crippen molar-refractivity contribution in [1.29, 1.82) is 0 Å². The van der Waals surface area contributed by atoms with Crippen molar-refractivity contribution in [1.82, 2.24) is 0 Å². The molecule has 1 aliphatic rings. The predicted molar refractivity (Wildman–Crippen MR) is 49.6 cm³/mol. The minimum absolute atomic E-state index is 0.